The summed E-state index contributed by atoms with van der Waals surface area (Å²) >= 11 is 5.58. The standard InChI is InChI=1S/C4H5ClN4/c5-3-1-2-7-9-4(3)8-6/h1-2H,6H2,(H,8,9). The van der Waals surface area contributed by atoms with Gasteiger partial charge in [-0.2, -0.15) is 5.10 Å². The molecular weight excluding hydrogens is 140 g/mol. The Morgan fingerprint density at radius 3 is 2.89 bits per heavy atom. The van der Waals surface area contributed by atoms with Gasteiger partial charge in [0.2, 0.25) is 0 Å². The Kier molecular flexibility index (Phi) is 1.81. The zero-order valence-electron chi connectivity index (χ0n) is 4.50. The van der Waals surface area contributed by atoms with Crippen LogP contribution in [0.3, 0.4) is 0 Å². The van der Waals surface area contributed by atoms with Crippen LogP contribution in [0, 0.1) is 0 Å². The summed E-state index contributed by atoms with van der Waals surface area (Å²) in [7, 11) is 0. The van der Waals surface area contributed by atoms with E-state index in [9.17, 15) is 0 Å². The molecule has 0 fully saturated rings. The maximum Gasteiger partial charge on any atom is 0.181 e. The van der Waals surface area contributed by atoms with Crippen molar-refractivity contribution in [2.75, 3.05) is 5.43 Å². The summed E-state index contributed by atoms with van der Waals surface area (Å²) in [6.45, 7) is 0. The van der Waals surface area contributed by atoms with Gasteiger partial charge >= 0.3 is 0 Å². The van der Waals surface area contributed by atoms with Crippen molar-refractivity contribution in [3.05, 3.63) is 17.3 Å². The predicted molar refractivity (Wildman–Crippen MR) is 34.9 cm³/mol. The Bertz CT molecular complexity index is 202. The Morgan fingerprint density at radius 1 is 1.67 bits per heavy atom. The van der Waals surface area contributed by atoms with Crippen LogP contribution < -0.4 is 11.3 Å². The molecule has 0 aliphatic rings. The van der Waals surface area contributed by atoms with Crippen LogP contribution in [0.4, 0.5) is 5.82 Å². The molecule has 0 radical (unpaired) electrons. The highest BCUT2D eigenvalue weighted by Gasteiger charge is 1.95. The summed E-state index contributed by atoms with van der Waals surface area (Å²) in [5, 5.41) is 7.58. The molecule has 3 N–H and O–H groups in total. The fraction of sp³-hybridized carbons (Fsp3) is 0. The molecule has 48 valence electrons. The molecule has 0 aromatic carbocycles. The van der Waals surface area contributed by atoms with Gasteiger partial charge in [0, 0.05) is 0 Å². The number of hydrogen-bond acceptors (Lipinski definition) is 4. The third-order valence-electron chi connectivity index (χ3n) is 0.808. The maximum atomic E-state index is 5.58. The number of nitrogens with two attached hydrogens (primary N) is 1. The number of anilines is 1. The molecule has 0 atom stereocenters. The minimum Gasteiger partial charge on any atom is -0.306 e. The van der Waals surface area contributed by atoms with E-state index < -0.39 is 0 Å². The van der Waals surface area contributed by atoms with Gasteiger partial charge in [0.15, 0.2) is 5.82 Å². The normalized spacial score (nSPS) is 9.11. The van der Waals surface area contributed by atoms with Crippen LogP contribution in [0.15, 0.2) is 12.3 Å². The van der Waals surface area contributed by atoms with Gasteiger partial charge in [-0.1, -0.05) is 11.6 Å². The predicted octanol–water partition coefficient (Wildman–Crippen LogP) is 0.416. The van der Waals surface area contributed by atoms with E-state index in [2.05, 4.69) is 15.6 Å². The number of aromatic nitrogens is 2. The first-order valence-corrected chi connectivity index (χ1v) is 2.66. The molecular formula is C4H5ClN4. The van der Waals surface area contributed by atoms with Crippen molar-refractivity contribution in [3.8, 4) is 0 Å². The molecule has 1 heterocycles. The van der Waals surface area contributed by atoms with Gasteiger partial charge in [0.05, 0.1) is 11.2 Å². The highest BCUT2D eigenvalue weighted by molar-refractivity contribution is 6.32. The lowest BCUT2D eigenvalue weighted by Gasteiger charge is -1.96. The number of nitrogens with one attached hydrogen (secondary N) is 1. The van der Waals surface area contributed by atoms with Crippen LogP contribution in [0.25, 0.3) is 0 Å². The third-order valence-corrected chi connectivity index (χ3v) is 1.11. The molecule has 1 rings (SSSR count). The number of rotatable bonds is 1. The van der Waals surface area contributed by atoms with Crippen molar-refractivity contribution in [1.29, 1.82) is 0 Å². The zero-order valence-corrected chi connectivity index (χ0v) is 5.26. The van der Waals surface area contributed by atoms with E-state index in [4.69, 9.17) is 17.4 Å². The third kappa shape index (κ3) is 1.28. The Morgan fingerprint density at radius 2 is 2.44 bits per heavy atom. The number of hydrazine groups is 1. The lowest BCUT2D eigenvalue weighted by Crippen LogP contribution is -2.09. The lowest BCUT2D eigenvalue weighted by molar-refractivity contribution is 1.02. The average Bonchev–Trinajstić information content (AvgIpc) is 1.89. The SMILES string of the molecule is NNc1nnccc1Cl. The minimum atomic E-state index is 0.388. The first-order valence-electron chi connectivity index (χ1n) is 2.28. The number of nitrogens with zero attached hydrogens (tertiary/aromatic N) is 2. The van der Waals surface area contributed by atoms with E-state index in [1.54, 1.807) is 6.07 Å². The van der Waals surface area contributed by atoms with Crippen LogP contribution >= 0.6 is 11.6 Å². The molecule has 0 aliphatic heterocycles. The Hall–Kier alpha value is -0.870. The number of nitrogen functional groups attached to an aromatic ring is 1. The van der Waals surface area contributed by atoms with Gasteiger partial charge < -0.3 is 5.43 Å². The van der Waals surface area contributed by atoms with E-state index >= 15 is 0 Å². The second kappa shape index (κ2) is 2.61. The number of halogens is 1. The molecule has 0 amide bonds. The van der Waals surface area contributed by atoms with Crippen LogP contribution in [0.2, 0.25) is 5.02 Å². The minimum absolute atomic E-state index is 0.388. The summed E-state index contributed by atoms with van der Waals surface area (Å²) in [5.74, 6) is 5.40. The average molecular weight is 145 g/mol. The zero-order chi connectivity index (χ0) is 6.69. The Labute approximate surface area is 57.0 Å². The number of hydrogen-bond donors (Lipinski definition) is 2. The van der Waals surface area contributed by atoms with Crippen LogP contribution in [0.5, 0.6) is 0 Å². The fourth-order valence-corrected chi connectivity index (χ4v) is 0.563. The summed E-state index contributed by atoms with van der Waals surface area (Å²) in [6, 6.07) is 1.60. The first-order chi connectivity index (χ1) is 4.34. The quantitative estimate of drug-likeness (QED) is 0.443. The van der Waals surface area contributed by atoms with Gasteiger partial charge in [-0.3, -0.25) is 0 Å². The van der Waals surface area contributed by atoms with Crippen LogP contribution in [0.1, 0.15) is 0 Å². The van der Waals surface area contributed by atoms with Gasteiger partial charge in [-0.05, 0) is 6.07 Å². The molecule has 0 spiro atoms. The van der Waals surface area contributed by atoms with Crippen molar-refractivity contribution in [2.24, 2.45) is 5.84 Å². The maximum absolute atomic E-state index is 5.58. The van der Waals surface area contributed by atoms with E-state index in [0.717, 1.165) is 0 Å². The molecule has 0 saturated heterocycles. The summed E-state index contributed by atoms with van der Waals surface area (Å²) < 4.78 is 0. The second-order valence-electron chi connectivity index (χ2n) is 1.37. The molecule has 1 aromatic heterocycles. The van der Waals surface area contributed by atoms with Crippen molar-refractivity contribution in [2.45, 2.75) is 0 Å². The van der Waals surface area contributed by atoms with Crippen molar-refractivity contribution < 1.29 is 0 Å². The van der Waals surface area contributed by atoms with Crippen molar-refractivity contribution in [3.63, 3.8) is 0 Å². The van der Waals surface area contributed by atoms with Crippen LogP contribution in [-0.2, 0) is 0 Å². The molecule has 9 heavy (non-hydrogen) atoms. The topological polar surface area (TPSA) is 63.8 Å². The molecule has 0 unspecified atom stereocenters. The highest BCUT2D eigenvalue weighted by Crippen LogP contribution is 2.13. The molecule has 0 bridgehead atoms. The highest BCUT2D eigenvalue weighted by atomic mass is 35.5. The van der Waals surface area contributed by atoms with E-state index in [1.165, 1.54) is 6.20 Å². The summed E-state index contributed by atoms with van der Waals surface area (Å²) in [6.07, 6.45) is 1.49. The van der Waals surface area contributed by atoms with E-state index in [0.29, 0.717) is 10.8 Å². The first kappa shape index (κ1) is 6.25. The fourth-order valence-electron chi connectivity index (χ4n) is 0.414. The lowest BCUT2D eigenvalue weighted by atomic mass is 10.5. The van der Waals surface area contributed by atoms with Gasteiger partial charge in [-0.25, -0.2) is 5.84 Å². The van der Waals surface area contributed by atoms with Gasteiger partial charge in [-0.15, -0.1) is 5.10 Å². The molecule has 4 nitrogen and oxygen atoms in total. The molecule has 5 heteroatoms. The smallest absolute Gasteiger partial charge is 0.181 e. The van der Waals surface area contributed by atoms with E-state index in [-0.39, 0.29) is 0 Å². The van der Waals surface area contributed by atoms with Crippen LogP contribution in [-0.4, -0.2) is 10.2 Å². The summed E-state index contributed by atoms with van der Waals surface area (Å²) in [5.41, 5.74) is 2.29. The molecule has 0 saturated carbocycles. The van der Waals surface area contributed by atoms with E-state index in [1.807, 2.05) is 0 Å². The van der Waals surface area contributed by atoms with Gasteiger partial charge in [0.1, 0.15) is 0 Å². The summed E-state index contributed by atoms with van der Waals surface area (Å²) in [4.78, 5) is 0. The second-order valence-corrected chi connectivity index (χ2v) is 1.78. The largest absolute Gasteiger partial charge is 0.306 e. The molecule has 1 aromatic rings. The monoisotopic (exact) mass is 144 g/mol. The molecule has 0 aliphatic carbocycles. The van der Waals surface area contributed by atoms with Crippen molar-refractivity contribution >= 4 is 17.4 Å². The van der Waals surface area contributed by atoms with Gasteiger partial charge in [0.25, 0.3) is 0 Å². The Balaban J connectivity index is 3.01. The van der Waals surface area contributed by atoms with Crippen molar-refractivity contribution in [1.82, 2.24) is 10.2 Å².